The molecule has 2 aromatic carbocycles. The van der Waals surface area contributed by atoms with Gasteiger partial charge in [-0.05, 0) is 44.7 Å². The summed E-state index contributed by atoms with van der Waals surface area (Å²) in [6, 6.07) is 15.7. The summed E-state index contributed by atoms with van der Waals surface area (Å²) >= 11 is 0. The molecule has 2 aromatic rings. The Labute approximate surface area is 175 Å². The van der Waals surface area contributed by atoms with Gasteiger partial charge < -0.3 is 10.2 Å². The summed E-state index contributed by atoms with van der Waals surface area (Å²) in [5, 5.41) is 3.05. The summed E-state index contributed by atoms with van der Waals surface area (Å²) in [7, 11) is 0. The first kappa shape index (κ1) is 22.7. The van der Waals surface area contributed by atoms with Crippen LogP contribution in [-0.4, -0.2) is 28.8 Å². The number of benzene rings is 2. The SMILES string of the molecule is CC[C@@H](C)NC(=O)[C@H](CC)N(Cc1cccc(C)c1)C(=O)Cc1cccc(C)c1. The molecule has 0 heterocycles. The molecule has 29 heavy (non-hydrogen) atoms. The molecular formula is C25H34N2O2. The van der Waals surface area contributed by atoms with Crippen molar-refractivity contribution in [2.45, 2.75) is 72.5 Å². The van der Waals surface area contributed by atoms with Gasteiger partial charge in [-0.2, -0.15) is 0 Å². The molecule has 2 atom stereocenters. The van der Waals surface area contributed by atoms with Crippen LogP contribution in [0.2, 0.25) is 0 Å². The highest BCUT2D eigenvalue weighted by Crippen LogP contribution is 2.16. The maximum absolute atomic E-state index is 13.3. The Morgan fingerprint density at radius 3 is 2.07 bits per heavy atom. The number of carbonyl (C=O) groups is 2. The van der Waals surface area contributed by atoms with Gasteiger partial charge in [-0.15, -0.1) is 0 Å². The van der Waals surface area contributed by atoms with Gasteiger partial charge in [0.25, 0.3) is 0 Å². The number of rotatable bonds is 9. The molecule has 0 fully saturated rings. The topological polar surface area (TPSA) is 49.4 Å². The van der Waals surface area contributed by atoms with E-state index >= 15 is 0 Å². The Bertz CT molecular complexity index is 831. The van der Waals surface area contributed by atoms with Crippen LogP contribution < -0.4 is 5.32 Å². The standard InChI is InChI=1S/C25H34N2O2/c1-6-20(5)26-25(29)23(7-2)27(17-22-13-9-11-19(4)15-22)24(28)16-21-12-8-10-18(3)14-21/h8-15,20,23H,6-7,16-17H2,1-5H3,(H,26,29)/t20-,23+/m1/s1. The van der Waals surface area contributed by atoms with E-state index in [9.17, 15) is 9.59 Å². The average Bonchev–Trinajstić information content (AvgIpc) is 2.67. The van der Waals surface area contributed by atoms with Gasteiger partial charge in [0.15, 0.2) is 0 Å². The molecule has 0 aliphatic rings. The fourth-order valence-electron chi connectivity index (χ4n) is 3.47. The Hall–Kier alpha value is -2.62. The van der Waals surface area contributed by atoms with Crippen LogP contribution in [0.15, 0.2) is 48.5 Å². The summed E-state index contributed by atoms with van der Waals surface area (Å²) in [5.41, 5.74) is 4.28. The van der Waals surface area contributed by atoms with E-state index in [1.54, 1.807) is 4.90 Å². The zero-order valence-corrected chi connectivity index (χ0v) is 18.4. The molecular weight excluding hydrogens is 360 g/mol. The molecule has 0 radical (unpaired) electrons. The van der Waals surface area contributed by atoms with Crippen LogP contribution in [0.3, 0.4) is 0 Å². The number of hydrogen-bond donors (Lipinski definition) is 1. The summed E-state index contributed by atoms with van der Waals surface area (Å²) < 4.78 is 0. The first-order valence-electron chi connectivity index (χ1n) is 10.5. The predicted octanol–water partition coefficient (Wildman–Crippen LogP) is 4.57. The van der Waals surface area contributed by atoms with E-state index in [-0.39, 0.29) is 17.9 Å². The predicted molar refractivity (Wildman–Crippen MR) is 119 cm³/mol. The first-order chi connectivity index (χ1) is 13.8. The molecule has 0 aromatic heterocycles. The van der Waals surface area contributed by atoms with Crippen molar-refractivity contribution < 1.29 is 9.59 Å². The van der Waals surface area contributed by atoms with Gasteiger partial charge in [0.05, 0.1) is 6.42 Å². The summed E-state index contributed by atoms with van der Waals surface area (Å²) in [4.78, 5) is 28.0. The second kappa shape index (κ2) is 10.8. The highest BCUT2D eigenvalue weighted by atomic mass is 16.2. The minimum absolute atomic E-state index is 0.0248. The average molecular weight is 395 g/mol. The van der Waals surface area contributed by atoms with Gasteiger partial charge in [0.2, 0.25) is 11.8 Å². The smallest absolute Gasteiger partial charge is 0.243 e. The van der Waals surface area contributed by atoms with Crippen molar-refractivity contribution in [1.82, 2.24) is 10.2 Å². The number of nitrogens with one attached hydrogen (secondary N) is 1. The lowest BCUT2D eigenvalue weighted by Crippen LogP contribution is -2.51. The third-order valence-corrected chi connectivity index (χ3v) is 5.26. The number of hydrogen-bond acceptors (Lipinski definition) is 2. The monoisotopic (exact) mass is 394 g/mol. The molecule has 0 aliphatic carbocycles. The molecule has 0 spiro atoms. The van der Waals surface area contributed by atoms with Gasteiger partial charge in [0.1, 0.15) is 6.04 Å². The van der Waals surface area contributed by atoms with E-state index < -0.39 is 6.04 Å². The highest BCUT2D eigenvalue weighted by Gasteiger charge is 2.29. The molecule has 2 amide bonds. The van der Waals surface area contributed by atoms with Crippen molar-refractivity contribution in [2.75, 3.05) is 0 Å². The van der Waals surface area contributed by atoms with Crippen molar-refractivity contribution in [2.24, 2.45) is 0 Å². The zero-order chi connectivity index (χ0) is 21.4. The molecule has 0 saturated carbocycles. The fraction of sp³-hybridized carbons (Fsp3) is 0.440. The highest BCUT2D eigenvalue weighted by molar-refractivity contribution is 5.88. The lowest BCUT2D eigenvalue weighted by molar-refractivity contribution is -0.141. The van der Waals surface area contributed by atoms with Crippen molar-refractivity contribution >= 4 is 11.8 Å². The van der Waals surface area contributed by atoms with Crippen LogP contribution in [0.5, 0.6) is 0 Å². The molecule has 4 heteroatoms. The molecule has 0 saturated heterocycles. The number of aryl methyl sites for hydroxylation is 2. The van der Waals surface area contributed by atoms with Crippen LogP contribution in [-0.2, 0) is 22.6 Å². The minimum Gasteiger partial charge on any atom is -0.352 e. The zero-order valence-electron chi connectivity index (χ0n) is 18.4. The van der Waals surface area contributed by atoms with Gasteiger partial charge in [0, 0.05) is 12.6 Å². The molecule has 156 valence electrons. The largest absolute Gasteiger partial charge is 0.352 e. The van der Waals surface area contributed by atoms with Crippen molar-refractivity contribution in [3.05, 3.63) is 70.8 Å². The Morgan fingerprint density at radius 2 is 1.52 bits per heavy atom. The Kier molecular flexibility index (Phi) is 8.44. The normalized spacial score (nSPS) is 12.9. The summed E-state index contributed by atoms with van der Waals surface area (Å²) in [6.45, 7) is 10.5. The number of carbonyl (C=O) groups excluding carboxylic acids is 2. The van der Waals surface area contributed by atoms with E-state index in [1.165, 1.54) is 0 Å². The Balaban J connectivity index is 2.29. The van der Waals surface area contributed by atoms with E-state index in [1.807, 2.05) is 77.1 Å². The maximum Gasteiger partial charge on any atom is 0.243 e. The molecule has 0 unspecified atom stereocenters. The lowest BCUT2D eigenvalue weighted by atomic mass is 10.0. The van der Waals surface area contributed by atoms with Crippen molar-refractivity contribution in [3.8, 4) is 0 Å². The molecule has 0 bridgehead atoms. The first-order valence-corrected chi connectivity index (χ1v) is 10.5. The second-order valence-corrected chi connectivity index (χ2v) is 7.92. The number of nitrogens with zero attached hydrogens (tertiary/aromatic N) is 1. The van der Waals surface area contributed by atoms with E-state index in [4.69, 9.17) is 0 Å². The van der Waals surface area contributed by atoms with Gasteiger partial charge >= 0.3 is 0 Å². The molecule has 2 rings (SSSR count). The minimum atomic E-state index is -0.484. The molecule has 1 N–H and O–H groups in total. The van der Waals surface area contributed by atoms with Crippen LogP contribution in [0.1, 0.15) is 55.9 Å². The van der Waals surface area contributed by atoms with E-state index in [0.29, 0.717) is 19.4 Å². The Morgan fingerprint density at radius 1 is 0.931 bits per heavy atom. The van der Waals surface area contributed by atoms with Crippen LogP contribution in [0.25, 0.3) is 0 Å². The fourth-order valence-corrected chi connectivity index (χ4v) is 3.47. The van der Waals surface area contributed by atoms with Crippen LogP contribution in [0, 0.1) is 13.8 Å². The van der Waals surface area contributed by atoms with Gasteiger partial charge in [-0.25, -0.2) is 0 Å². The molecule has 4 nitrogen and oxygen atoms in total. The summed E-state index contributed by atoms with van der Waals surface area (Å²) in [6.07, 6.45) is 1.73. The lowest BCUT2D eigenvalue weighted by Gasteiger charge is -2.31. The molecule has 0 aliphatic heterocycles. The summed E-state index contributed by atoms with van der Waals surface area (Å²) in [5.74, 6) is -0.102. The quantitative estimate of drug-likeness (QED) is 0.677. The van der Waals surface area contributed by atoms with Crippen LogP contribution in [0.4, 0.5) is 0 Å². The third-order valence-electron chi connectivity index (χ3n) is 5.26. The maximum atomic E-state index is 13.3. The van der Waals surface area contributed by atoms with Crippen LogP contribution >= 0.6 is 0 Å². The van der Waals surface area contributed by atoms with Gasteiger partial charge in [-0.1, -0.05) is 73.5 Å². The number of amides is 2. The van der Waals surface area contributed by atoms with Crippen molar-refractivity contribution in [1.29, 1.82) is 0 Å². The van der Waals surface area contributed by atoms with E-state index in [0.717, 1.165) is 28.7 Å². The second-order valence-electron chi connectivity index (χ2n) is 7.92. The van der Waals surface area contributed by atoms with Crippen molar-refractivity contribution in [3.63, 3.8) is 0 Å². The van der Waals surface area contributed by atoms with E-state index in [2.05, 4.69) is 11.4 Å². The van der Waals surface area contributed by atoms with Gasteiger partial charge in [-0.3, -0.25) is 9.59 Å². The third kappa shape index (κ3) is 6.74.